The standard InChI is InChI=1S/C19H22N4S/c1-12-17(10-16-8-6-5-7-9-16)19(22-14(3)20-12)21-13(2)18-11-24-15(4)23-18/h5-9,11,13H,10H2,1-4H3,(H,20,21,22). The van der Waals surface area contributed by atoms with E-state index in [1.165, 1.54) is 5.56 Å². The molecule has 1 unspecified atom stereocenters. The molecule has 0 aliphatic rings. The summed E-state index contributed by atoms with van der Waals surface area (Å²) in [6.07, 6.45) is 0.818. The molecule has 0 fully saturated rings. The van der Waals surface area contributed by atoms with Crippen molar-refractivity contribution in [2.24, 2.45) is 0 Å². The zero-order valence-corrected chi connectivity index (χ0v) is 15.3. The van der Waals surface area contributed by atoms with Crippen LogP contribution in [0, 0.1) is 20.8 Å². The number of benzene rings is 1. The quantitative estimate of drug-likeness (QED) is 0.737. The van der Waals surface area contributed by atoms with Gasteiger partial charge in [-0.05, 0) is 33.3 Å². The van der Waals surface area contributed by atoms with Crippen molar-refractivity contribution in [3.63, 3.8) is 0 Å². The van der Waals surface area contributed by atoms with Crippen molar-refractivity contribution in [3.05, 3.63) is 69.1 Å². The first-order chi connectivity index (χ1) is 11.5. The van der Waals surface area contributed by atoms with E-state index in [-0.39, 0.29) is 6.04 Å². The first kappa shape index (κ1) is 16.6. The van der Waals surface area contributed by atoms with Crippen LogP contribution in [0.4, 0.5) is 5.82 Å². The molecule has 1 atom stereocenters. The van der Waals surface area contributed by atoms with Gasteiger partial charge in [0, 0.05) is 23.1 Å². The number of hydrogen-bond acceptors (Lipinski definition) is 5. The average Bonchev–Trinajstić information content (AvgIpc) is 2.98. The number of aryl methyl sites for hydroxylation is 3. The number of anilines is 1. The highest BCUT2D eigenvalue weighted by Gasteiger charge is 2.15. The molecule has 0 spiro atoms. The van der Waals surface area contributed by atoms with Crippen LogP contribution in [0.3, 0.4) is 0 Å². The van der Waals surface area contributed by atoms with E-state index in [2.05, 4.69) is 63.8 Å². The molecule has 0 aliphatic carbocycles. The van der Waals surface area contributed by atoms with Gasteiger partial charge in [0.2, 0.25) is 0 Å². The molecular weight excluding hydrogens is 316 g/mol. The lowest BCUT2D eigenvalue weighted by atomic mass is 10.0. The SMILES string of the molecule is Cc1nc(C)c(Cc2ccccc2)c(NC(C)c2csc(C)n2)n1. The van der Waals surface area contributed by atoms with Crippen LogP contribution in [0.25, 0.3) is 0 Å². The number of hydrogen-bond donors (Lipinski definition) is 1. The molecule has 0 radical (unpaired) electrons. The number of rotatable bonds is 5. The fourth-order valence-corrected chi connectivity index (χ4v) is 3.43. The summed E-state index contributed by atoms with van der Waals surface area (Å²) in [7, 11) is 0. The Morgan fingerprint density at radius 3 is 2.46 bits per heavy atom. The summed E-state index contributed by atoms with van der Waals surface area (Å²) in [5, 5.41) is 6.72. The van der Waals surface area contributed by atoms with E-state index in [9.17, 15) is 0 Å². The summed E-state index contributed by atoms with van der Waals surface area (Å²) < 4.78 is 0. The molecule has 0 saturated carbocycles. The Morgan fingerprint density at radius 1 is 1.04 bits per heavy atom. The maximum Gasteiger partial charge on any atom is 0.134 e. The zero-order valence-electron chi connectivity index (χ0n) is 14.5. The topological polar surface area (TPSA) is 50.7 Å². The molecule has 0 aliphatic heterocycles. The van der Waals surface area contributed by atoms with Gasteiger partial charge < -0.3 is 5.32 Å². The third kappa shape index (κ3) is 3.79. The van der Waals surface area contributed by atoms with Gasteiger partial charge in [-0.2, -0.15) is 0 Å². The van der Waals surface area contributed by atoms with Crippen LogP contribution >= 0.6 is 11.3 Å². The fourth-order valence-electron chi connectivity index (χ4n) is 2.72. The lowest BCUT2D eigenvalue weighted by molar-refractivity contribution is 0.823. The van der Waals surface area contributed by atoms with Crippen LogP contribution in [0.15, 0.2) is 35.7 Å². The summed E-state index contributed by atoms with van der Waals surface area (Å²) in [5.41, 5.74) is 4.48. The lowest BCUT2D eigenvalue weighted by Gasteiger charge is -2.18. The predicted molar refractivity (Wildman–Crippen MR) is 99.6 cm³/mol. The first-order valence-corrected chi connectivity index (χ1v) is 8.97. The van der Waals surface area contributed by atoms with Gasteiger partial charge in [-0.25, -0.2) is 15.0 Å². The summed E-state index contributed by atoms with van der Waals surface area (Å²) in [5.74, 6) is 1.69. The molecule has 0 bridgehead atoms. The Morgan fingerprint density at radius 2 is 1.79 bits per heavy atom. The molecule has 1 aromatic carbocycles. The number of aromatic nitrogens is 3. The minimum absolute atomic E-state index is 0.109. The fraction of sp³-hybridized carbons (Fsp3) is 0.316. The number of thiazole rings is 1. The van der Waals surface area contributed by atoms with E-state index in [1.54, 1.807) is 11.3 Å². The molecular formula is C19H22N4S. The van der Waals surface area contributed by atoms with Gasteiger partial charge in [-0.15, -0.1) is 11.3 Å². The van der Waals surface area contributed by atoms with Crippen molar-refractivity contribution in [2.75, 3.05) is 5.32 Å². The smallest absolute Gasteiger partial charge is 0.134 e. The van der Waals surface area contributed by atoms with Crippen molar-refractivity contribution in [2.45, 2.75) is 40.2 Å². The third-order valence-electron chi connectivity index (χ3n) is 3.98. The molecule has 5 heteroatoms. The highest BCUT2D eigenvalue weighted by Crippen LogP contribution is 2.25. The van der Waals surface area contributed by atoms with Crippen molar-refractivity contribution < 1.29 is 0 Å². The summed E-state index contributed by atoms with van der Waals surface area (Å²) in [6.45, 7) is 8.13. The van der Waals surface area contributed by atoms with Gasteiger partial charge in [-0.1, -0.05) is 30.3 Å². The normalized spacial score (nSPS) is 12.2. The van der Waals surface area contributed by atoms with Crippen LogP contribution in [0.2, 0.25) is 0 Å². The van der Waals surface area contributed by atoms with Crippen molar-refractivity contribution >= 4 is 17.2 Å². The molecule has 0 saturated heterocycles. The third-order valence-corrected chi connectivity index (χ3v) is 4.77. The van der Waals surface area contributed by atoms with Crippen LogP contribution in [-0.2, 0) is 6.42 Å². The molecule has 2 heterocycles. The van der Waals surface area contributed by atoms with E-state index in [0.717, 1.165) is 40.0 Å². The van der Waals surface area contributed by atoms with Gasteiger partial charge in [-0.3, -0.25) is 0 Å². The number of nitrogens with zero attached hydrogens (tertiary/aromatic N) is 3. The zero-order chi connectivity index (χ0) is 17.1. The molecule has 24 heavy (non-hydrogen) atoms. The van der Waals surface area contributed by atoms with E-state index < -0.39 is 0 Å². The minimum atomic E-state index is 0.109. The van der Waals surface area contributed by atoms with Crippen molar-refractivity contribution in [3.8, 4) is 0 Å². The number of nitrogens with one attached hydrogen (secondary N) is 1. The van der Waals surface area contributed by atoms with E-state index in [0.29, 0.717) is 0 Å². The van der Waals surface area contributed by atoms with Crippen molar-refractivity contribution in [1.29, 1.82) is 0 Å². The first-order valence-electron chi connectivity index (χ1n) is 8.09. The Hall–Kier alpha value is -2.27. The average molecular weight is 338 g/mol. The second kappa shape index (κ2) is 7.09. The maximum absolute atomic E-state index is 4.66. The molecule has 3 aromatic rings. The molecule has 2 aromatic heterocycles. The summed E-state index contributed by atoms with van der Waals surface area (Å²) >= 11 is 1.67. The Bertz CT molecular complexity index is 827. The second-order valence-electron chi connectivity index (χ2n) is 6.00. The molecule has 1 N–H and O–H groups in total. The Balaban J connectivity index is 1.91. The molecule has 3 rings (SSSR count). The van der Waals surface area contributed by atoms with Crippen LogP contribution in [-0.4, -0.2) is 15.0 Å². The Labute approximate surface area is 147 Å². The van der Waals surface area contributed by atoms with Gasteiger partial charge in [0.1, 0.15) is 11.6 Å². The van der Waals surface area contributed by atoms with Gasteiger partial charge in [0.25, 0.3) is 0 Å². The van der Waals surface area contributed by atoms with Gasteiger partial charge in [0.05, 0.1) is 16.7 Å². The van der Waals surface area contributed by atoms with E-state index in [1.807, 2.05) is 19.9 Å². The summed E-state index contributed by atoms with van der Waals surface area (Å²) in [4.78, 5) is 13.8. The summed E-state index contributed by atoms with van der Waals surface area (Å²) in [6, 6.07) is 10.5. The minimum Gasteiger partial charge on any atom is -0.362 e. The molecule has 124 valence electrons. The van der Waals surface area contributed by atoms with E-state index in [4.69, 9.17) is 0 Å². The van der Waals surface area contributed by atoms with Gasteiger partial charge in [0.15, 0.2) is 0 Å². The maximum atomic E-state index is 4.66. The van der Waals surface area contributed by atoms with Gasteiger partial charge >= 0.3 is 0 Å². The van der Waals surface area contributed by atoms with Crippen LogP contribution in [0.1, 0.15) is 46.3 Å². The molecule has 0 amide bonds. The highest BCUT2D eigenvalue weighted by atomic mass is 32.1. The molecule has 4 nitrogen and oxygen atoms in total. The van der Waals surface area contributed by atoms with E-state index >= 15 is 0 Å². The van der Waals surface area contributed by atoms with Crippen molar-refractivity contribution in [1.82, 2.24) is 15.0 Å². The second-order valence-corrected chi connectivity index (χ2v) is 7.07. The monoisotopic (exact) mass is 338 g/mol. The largest absolute Gasteiger partial charge is 0.362 e. The lowest BCUT2D eigenvalue weighted by Crippen LogP contribution is -2.13. The highest BCUT2D eigenvalue weighted by molar-refractivity contribution is 7.09. The predicted octanol–water partition coefficient (Wildman–Crippen LogP) is 4.62. The Kier molecular flexibility index (Phi) is 4.90. The van der Waals surface area contributed by atoms with Crippen LogP contribution < -0.4 is 5.32 Å². The van der Waals surface area contributed by atoms with Crippen LogP contribution in [0.5, 0.6) is 0 Å².